The molecule has 0 N–H and O–H groups in total. The molecule has 1 saturated carbocycles. The Morgan fingerprint density at radius 1 is 0.909 bits per heavy atom. The van der Waals surface area contributed by atoms with Gasteiger partial charge in [-0.3, -0.25) is 0 Å². The van der Waals surface area contributed by atoms with E-state index < -0.39 is 8.07 Å². The van der Waals surface area contributed by atoms with Crippen LogP contribution in [-0.2, 0) is 0 Å². The lowest BCUT2D eigenvalue weighted by Crippen LogP contribution is -2.30. The molecule has 0 aromatic heterocycles. The maximum absolute atomic E-state index is 2.52. The van der Waals surface area contributed by atoms with Crippen molar-refractivity contribution >= 4 is 8.07 Å². The van der Waals surface area contributed by atoms with Crippen molar-refractivity contribution in [3.8, 4) is 0 Å². The van der Waals surface area contributed by atoms with Crippen LogP contribution < -0.4 is 0 Å². The Labute approximate surface area is 72.4 Å². The van der Waals surface area contributed by atoms with Crippen LogP contribution in [0.3, 0.4) is 0 Å². The van der Waals surface area contributed by atoms with E-state index in [2.05, 4.69) is 26.6 Å². The van der Waals surface area contributed by atoms with Crippen LogP contribution in [0.1, 0.15) is 32.6 Å². The summed E-state index contributed by atoms with van der Waals surface area (Å²) in [5.41, 5.74) is 1.12. The third-order valence-corrected chi connectivity index (χ3v) is 6.27. The molecule has 0 radical (unpaired) electrons. The second-order valence-electron chi connectivity index (χ2n) is 5.32. The molecule has 0 spiro atoms. The molecule has 0 aromatic rings. The summed E-state index contributed by atoms with van der Waals surface area (Å²) in [4.78, 5) is 0. The van der Waals surface area contributed by atoms with Gasteiger partial charge in [-0.1, -0.05) is 52.2 Å². The third-order valence-electron chi connectivity index (χ3n) is 3.24. The maximum Gasteiger partial charge on any atom is 0.0473 e. The first-order chi connectivity index (χ1) is 5.00. The molecule has 0 bridgehead atoms. The average Bonchev–Trinajstić information content (AvgIpc) is 1.86. The van der Waals surface area contributed by atoms with Gasteiger partial charge in [0.25, 0.3) is 0 Å². The highest BCUT2D eigenvalue weighted by atomic mass is 28.3. The van der Waals surface area contributed by atoms with Gasteiger partial charge in [-0.25, -0.2) is 0 Å². The molecule has 66 valence electrons. The summed E-state index contributed by atoms with van der Waals surface area (Å²) >= 11 is 0. The third kappa shape index (κ3) is 2.62. The van der Waals surface area contributed by atoms with E-state index in [0.29, 0.717) is 0 Å². The van der Waals surface area contributed by atoms with Crippen molar-refractivity contribution in [2.45, 2.75) is 57.8 Å². The van der Waals surface area contributed by atoms with Gasteiger partial charge in [0.2, 0.25) is 0 Å². The highest BCUT2D eigenvalue weighted by molar-refractivity contribution is 6.77. The molecular weight excluding hydrogens is 148 g/mol. The topological polar surface area (TPSA) is 0 Å². The molecule has 0 amide bonds. The molecular formula is C10H22Si. The van der Waals surface area contributed by atoms with Gasteiger partial charge >= 0.3 is 0 Å². The van der Waals surface area contributed by atoms with E-state index in [4.69, 9.17) is 0 Å². The first kappa shape index (κ1) is 9.31. The SMILES string of the molecule is CC1CCC([Si](C)(C)C)CC1. The van der Waals surface area contributed by atoms with Gasteiger partial charge in [-0.15, -0.1) is 0 Å². The highest BCUT2D eigenvalue weighted by Gasteiger charge is 2.29. The van der Waals surface area contributed by atoms with Crippen LogP contribution in [0.5, 0.6) is 0 Å². The summed E-state index contributed by atoms with van der Waals surface area (Å²) in [5, 5.41) is 0. The Morgan fingerprint density at radius 3 is 1.73 bits per heavy atom. The minimum atomic E-state index is -0.786. The number of rotatable bonds is 1. The van der Waals surface area contributed by atoms with Crippen molar-refractivity contribution in [3.05, 3.63) is 0 Å². The second-order valence-corrected chi connectivity index (χ2v) is 10.9. The quantitative estimate of drug-likeness (QED) is 0.524. The van der Waals surface area contributed by atoms with E-state index >= 15 is 0 Å². The van der Waals surface area contributed by atoms with Gasteiger partial charge in [0, 0.05) is 8.07 Å². The molecule has 1 rings (SSSR count). The molecule has 0 aliphatic heterocycles. The van der Waals surface area contributed by atoms with E-state index in [9.17, 15) is 0 Å². The van der Waals surface area contributed by atoms with Crippen molar-refractivity contribution in [2.75, 3.05) is 0 Å². The monoisotopic (exact) mass is 170 g/mol. The fourth-order valence-electron chi connectivity index (χ4n) is 2.13. The fraction of sp³-hybridized carbons (Fsp3) is 1.00. The van der Waals surface area contributed by atoms with Crippen molar-refractivity contribution < 1.29 is 0 Å². The molecule has 1 aliphatic rings. The highest BCUT2D eigenvalue weighted by Crippen LogP contribution is 2.38. The Kier molecular flexibility index (Phi) is 2.79. The lowest BCUT2D eigenvalue weighted by atomic mass is 9.90. The predicted octanol–water partition coefficient (Wildman–Crippen LogP) is 3.90. The Morgan fingerprint density at radius 2 is 1.36 bits per heavy atom. The number of hydrogen-bond acceptors (Lipinski definition) is 0. The standard InChI is InChI=1S/C10H22Si/c1-9-5-7-10(8-6-9)11(2,3)4/h9-10H,5-8H2,1-4H3. The van der Waals surface area contributed by atoms with Gasteiger partial charge in [0.1, 0.15) is 0 Å². The van der Waals surface area contributed by atoms with E-state index in [1.54, 1.807) is 0 Å². The van der Waals surface area contributed by atoms with Crippen LogP contribution >= 0.6 is 0 Å². The fourth-order valence-corrected chi connectivity index (χ4v) is 4.19. The molecule has 1 aliphatic carbocycles. The van der Waals surface area contributed by atoms with E-state index in [1.807, 2.05) is 0 Å². The molecule has 0 heterocycles. The normalized spacial score (nSPS) is 33.8. The van der Waals surface area contributed by atoms with Crippen LogP contribution in [0.4, 0.5) is 0 Å². The van der Waals surface area contributed by atoms with Crippen LogP contribution in [0.15, 0.2) is 0 Å². The zero-order valence-corrected chi connectivity index (χ0v) is 9.48. The lowest BCUT2D eigenvalue weighted by molar-refractivity contribution is 0.379. The average molecular weight is 170 g/mol. The van der Waals surface area contributed by atoms with E-state index in [1.165, 1.54) is 25.7 Å². The minimum absolute atomic E-state index is 0.786. The van der Waals surface area contributed by atoms with Gasteiger partial charge < -0.3 is 0 Å². The molecule has 1 fully saturated rings. The summed E-state index contributed by atoms with van der Waals surface area (Å²) in [6.07, 6.45) is 6.04. The van der Waals surface area contributed by atoms with Gasteiger partial charge in [-0.2, -0.15) is 0 Å². The first-order valence-electron chi connectivity index (χ1n) is 5.00. The minimum Gasteiger partial charge on any atom is -0.0693 e. The van der Waals surface area contributed by atoms with Gasteiger partial charge in [-0.05, 0) is 11.5 Å². The van der Waals surface area contributed by atoms with Crippen LogP contribution in [-0.4, -0.2) is 8.07 Å². The van der Waals surface area contributed by atoms with Crippen LogP contribution in [0.2, 0.25) is 25.2 Å². The maximum atomic E-state index is 2.52. The molecule has 11 heavy (non-hydrogen) atoms. The Bertz CT molecular complexity index is 115. The number of hydrogen-bond donors (Lipinski definition) is 0. The first-order valence-corrected chi connectivity index (χ1v) is 8.58. The van der Waals surface area contributed by atoms with Crippen LogP contribution in [0, 0.1) is 5.92 Å². The summed E-state index contributed by atoms with van der Waals surface area (Å²) in [6, 6.07) is 0. The summed E-state index contributed by atoms with van der Waals surface area (Å²) in [6.45, 7) is 9.97. The second kappa shape index (κ2) is 3.30. The predicted molar refractivity (Wildman–Crippen MR) is 54.7 cm³/mol. The van der Waals surface area contributed by atoms with Crippen molar-refractivity contribution in [1.29, 1.82) is 0 Å². The van der Waals surface area contributed by atoms with Crippen molar-refractivity contribution in [1.82, 2.24) is 0 Å². The molecule has 0 nitrogen and oxygen atoms in total. The van der Waals surface area contributed by atoms with E-state index in [-0.39, 0.29) is 0 Å². The largest absolute Gasteiger partial charge is 0.0693 e. The summed E-state index contributed by atoms with van der Waals surface area (Å²) < 4.78 is 0. The molecule has 0 unspecified atom stereocenters. The smallest absolute Gasteiger partial charge is 0.0473 e. The summed E-state index contributed by atoms with van der Waals surface area (Å²) in [7, 11) is -0.786. The van der Waals surface area contributed by atoms with Crippen LogP contribution in [0.25, 0.3) is 0 Å². The van der Waals surface area contributed by atoms with Gasteiger partial charge in [0.15, 0.2) is 0 Å². The molecule has 0 aromatic carbocycles. The Balaban J connectivity index is 2.39. The molecule has 1 heteroatoms. The summed E-state index contributed by atoms with van der Waals surface area (Å²) in [5.74, 6) is 1.02. The lowest BCUT2D eigenvalue weighted by Gasteiger charge is -2.34. The van der Waals surface area contributed by atoms with Crippen molar-refractivity contribution in [2.24, 2.45) is 5.92 Å². The zero-order valence-electron chi connectivity index (χ0n) is 8.48. The zero-order chi connectivity index (χ0) is 8.48. The molecule has 0 atom stereocenters. The molecule has 0 saturated heterocycles. The van der Waals surface area contributed by atoms with E-state index in [0.717, 1.165) is 11.5 Å². The Hall–Kier alpha value is 0.217. The van der Waals surface area contributed by atoms with Gasteiger partial charge in [0.05, 0.1) is 0 Å². The van der Waals surface area contributed by atoms with Crippen molar-refractivity contribution in [3.63, 3.8) is 0 Å².